The third-order valence-electron chi connectivity index (χ3n) is 5.15. The average Bonchev–Trinajstić information content (AvgIpc) is 3.26. The summed E-state index contributed by atoms with van der Waals surface area (Å²) < 4.78 is 7.65. The second-order valence-electron chi connectivity index (χ2n) is 7.42. The Bertz CT molecular complexity index is 1400. The van der Waals surface area contributed by atoms with E-state index in [2.05, 4.69) is 15.4 Å². The van der Waals surface area contributed by atoms with E-state index >= 15 is 0 Å². The van der Waals surface area contributed by atoms with Crippen LogP contribution in [0, 0.1) is 0 Å². The molecular formula is C26H20N4O3. The molecule has 7 nitrogen and oxygen atoms in total. The van der Waals surface area contributed by atoms with Gasteiger partial charge in [0.2, 0.25) is 5.95 Å². The lowest BCUT2D eigenvalue weighted by molar-refractivity contribution is 0.0697. The van der Waals surface area contributed by atoms with Gasteiger partial charge in [0.15, 0.2) is 5.65 Å². The van der Waals surface area contributed by atoms with Crippen molar-refractivity contribution in [3.05, 3.63) is 108 Å². The minimum Gasteiger partial charge on any atom is -0.489 e. The van der Waals surface area contributed by atoms with Crippen molar-refractivity contribution in [1.82, 2.24) is 14.6 Å². The summed E-state index contributed by atoms with van der Waals surface area (Å²) in [5.41, 5.74) is 4.62. The summed E-state index contributed by atoms with van der Waals surface area (Å²) in [5, 5.41) is 16.8. The first-order valence-electron chi connectivity index (χ1n) is 10.4. The molecule has 0 fully saturated rings. The molecule has 0 aliphatic carbocycles. The molecule has 0 saturated carbocycles. The van der Waals surface area contributed by atoms with Crippen molar-refractivity contribution in [1.29, 1.82) is 0 Å². The van der Waals surface area contributed by atoms with Crippen molar-refractivity contribution in [3.63, 3.8) is 0 Å². The molecule has 3 aromatic carbocycles. The highest BCUT2D eigenvalue weighted by Gasteiger charge is 2.10. The number of nitrogens with zero attached hydrogens (tertiary/aromatic N) is 3. The van der Waals surface area contributed by atoms with Crippen LogP contribution < -0.4 is 10.1 Å². The van der Waals surface area contributed by atoms with Crippen LogP contribution in [0.5, 0.6) is 5.75 Å². The maximum absolute atomic E-state index is 11.0. The molecule has 0 atom stereocenters. The van der Waals surface area contributed by atoms with Crippen LogP contribution in [-0.2, 0) is 6.61 Å². The number of fused-ring (bicyclic) bond motifs is 1. The van der Waals surface area contributed by atoms with Crippen LogP contribution in [0.3, 0.4) is 0 Å². The molecule has 5 aromatic rings. The van der Waals surface area contributed by atoms with Crippen LogP contribution in [0.25, 0.3) is 16.9 Å². The summed E-state index contributed by atoms with van der Waals surface area (Å²) in [5.74, 6) is 0.252. The Morgan fingerprint density at radius 3 is 2.36 bits per heavy atom. The number of pyridine rings is 1. The van der Waals surface area contributed by atoms with E-state index in [1.165, 1.54) is 12.1 Å². The van der Waals surface area contributed by atoms with E-state index in [9.17, 15) is 4.79 Å². The van der Waals surface area contributed by atoms with Gasteiger partial charge in [-0.1, -0.05) is 36.4 Å². The fourth-order valence-corrected chi connectivity index (χ4v) is 3.46. The molecular weight excluding hydrogens is 416 g/mol. The predicted molar refractivity (Wildman–Crippen MR) is 126 cm³/mol. The summed E-state index contributed by atoms with van der Waals surface area (Å²) >= 11 is 0. The van der Waals surface area contributed by atoms with Crippen molar-refractivity contribution in [2.45, 2.75) is 6.61 Å². The number of hydrogen-bond acceptors (Lipinski definition) is 5. The second-order valence-corrected chi connectivity index (χ2v) is 7.42. The number of benzene rings is 3. The molecule has 2 aromatic heterocycles. The minimum atomic E-state index is -0.964. The summed E-state index contributed by atoms with van der Waals surface area (Å²) in [6.45, 7) is 0.515. The van der Waals surface area contributed by atoms with Crippen LogP contribution in [0.4, 0.5) is 11.6 Å². The van der Waals surface area contributed by atoms with Crippen molar-refractivity contribution < 1.29 is 14.6 Å². The van der Waals surface area contributed by atoms with E-state index in [1.807, 2.05) is 72.8 Å². The Morgan fingerprint density at radius 2 is 1.64 bits per heavy atom. The smallest absolute Gasteiger partial charge is 0.335 e. The van der Waals surface area contributed by atoms with E-state index in [4.69, 9.17) is 9.84 Å². The first-order valence-corrected chi connectivity index (χ1v) is 10.4. The highest BCUT2D eigenvalue weighted by atomic mass is 16.5. The van der Waals surface area contributed by atoms with Gasteiger partial charge >= 0.3 is 5.97 Å². The van der Waals surface area contributed by atoms with Gasteiger partial charge in [-0.25, -0.2) is 9.31 Å². The molecule has 162 valence electrons. The Balaban J connectivity index is 1.35. The number of nitrogens with one attached hydrogen (secondary N) is 1. The lowest BCUT2D eigenvalue weighted by Crippen LogP contribution is -1.98. The molecule has 0 spiro atoms. The molecule has 2 N–H and O–H groups in total. The average molecular weight is 436 g/mol. The van der Waals surface area contributed by atoms with Gasteiger partial charge in [-0.3, -0.25) is 0 Å². The molecule has 5 rings (SSSR count). The largest absolute Gasteiger partial charge is 0.489 e. The predicted octanol–water partition coefficient (Wildman–Crippen LogP) is 5.42. The number of hydrogen-bond donors (Lipinski definition) is 2. The fourth-order valence-electron chi connectivity index (χ4n) is 3.46. The van der Waals surface area contributed by atoms with E-state index in [-0.39, 0.29) is 5.56 Å². The zero-order chi connectivity index (χ0) is 22.6. The van der Waals surface area contributed by atoms with Crippen LogP contribution in [-0.4, -0.2) is 25.7 Å². The first kappa shape index (κ1) is 20.3. The van der Waals surface area contributed by atoms with E-state index < -0.39 is 5.97 Å². The van der Waals surface area contributed by atoms with E-state index in [1.54, 1.807) is 16.6 Å². The van der Waals surface area contributed by atoms with Gasteiger partial charge in [0.1, 0.15) is 12.4 Å². The minimum absolute atomic E-state index is 0.224. The number of aromatic carboxylic acids is 1. The summed E-state index contributed by atoms with van der Waals surface area (Å²) in [6.07, 6.45) is 0. The fraction of sp³-hybridized carbons (Fsp3) is 0.0385. The van der Waals surface area contributed by atoms with E-state index in [0.29, 0.717) is 23.9 Å². The molecule has 7 heteroatoms. The number of ether oxygens (including phenoxy) is 1. The molecule has 0 amide bonds. The number of carboxylic acids is 1. The SMILES string of the molecule is O=C(O)c1ccc(Nc2nc3cccc(-c4ccc(OCc5ccccc5)cc4)n3n2)cc1. The Kier molecular flexibility index (Phi) is 5.43. The van der Waals surface area contributed by atoms with Crippen LogP contribution in [0.15, 0.2) is 97.1 Å². The lowest BCUT2D eigenvalue weighted by atomic mass is 10.1. The third-order valence-corrected chi connectivity index (χ3v) is 5.15. The lowest BCUT2D eigenvalue weighted by Gasteiger charge is -2.08. The summed E-state index contributed by atoms with van der Waals surface area (Å²) in [6, 6.07) is 30.1. The van der Waals surface area contributed by atoms with E-state index in [0.717, 1.165) is 22.6 Å². The van der Waals surface area contributed by atoms with Gasteiger partial charge in [-0.15, -0.1) is 5.10 Å². The summed E-state index contributed by atoms with van der Waals surface area (Å²) in [7, 11) is 0. The number of aromatic nitrogens is 3. The van der Waals surface area contributed by atoms with Crippen molar-refractivity contribution in [2.24, 2.45) is 0 Å². The zero-order valence-electron chi connectivity index (χ0n) is 17.6. The van der Waals surface area contributed by atoms with Gasteiger partial charge in [-0.2, -0.15) is 4.98 Å². The monoisotopic (exact) mass is 436 g/mol. The van der Waals surface area contributed by atoms with Gasteiger partial charge in [0.25, 0.3) is 0 Å². The summed E-state index contributed by atoms with van der Waals surface area (Å²) in [4.78, 5) is 15.6. The third kappa shape index (κ3) is 4.52. The second kappa shape index (κ2) is 8.84. The number of carboxylic acid groups (broad SMARTS) is 1. The van der Waals surface area contributed by atoms with Crippen LogP contribution in [0.2, 0.25) is 0 Å². The van der Waals surface area contributed by atoms with Crippen LogP contribution >= 0.6 is 0 Å². The highest BCUT2D eigenvalue weighted by Crippen LogP contribution is 2.25. The first-order chi connectivity index (χ1) is 16.2. The van der Waals surface area contributed by atoms with Gasteiger partial charge < -0.3 is 15.2 Å². The highest BCUT2D eigenvalue weighted by molar-refractivity contribution is 5.88. The number of carbonyl (C=O) groups is 1. The molecule has 2 heterocycles. The molecule has 0 saturated heterocycles. The van der Waals surface area contributed by atoms with Crippen LogP contribution in [0.1, 0.15) is 15.9 Å². The molecule has 0 aliphatic heterocycles. The molecule has 0 bridgehead atoms. The van der Waals surface area contributed by atoms with Crippen molar-refractivity contribution in [2.75, 3.05) is 5.32 Å². The number of rotatable bonds is 7. The van der Waals surface area contributed by atoms with Crippen molar-refractivity contribution >= 4 is 23.3 Å². The maximum atomic E-state index is 11.0. The Labute approximate surface area is 189 Å². The van der Waals surface area contributed by atoms with Gasteiger partial charge in [0.05, 0.1) is 11.3 Å². The van der Waals surface area contributed by atoms with Gasteiger partial charge in [0, 0.05) is 11.3 Å². The molecule has 33 heavy (non-hydrogen) atoms. The standard InChI is InChI=1S/C26H20N4O3/c31-25(32)20-9-13-21(14-10-20)27-26-28-24-8-4-7-23(30(24)29-26)19-11-15-22(16-12-19)33-17-18-5-2-1-3-6-18/h1-16H,17H2,(H,27,29)(H,31,32). The normalized spacial score (nSPS) is 10.8. The number of anilines is 2. The topological polar surface area (TPSA) is 88.8 Å². The zero-order valence-corrected chi connectivity index (χ0v) is 17.6. The van der Waals surface area contributed by atoms with Crippen molar-refractivity contribution in [3.8, 4) is 17.0 Å². The Hall–Kier alpha value is -4.65. The maximum Gasteiger partial charge on any atom is 0.335 e. The molecule has 0 unspecified atom stereocenters. The molecule has 0 aliphatic rings. The quantitative estimate of drug-likeness (QED) is 0.354. The van der Waals surface area contributed by atoms with Gasteiger partial charge in [-0.05, 0) is 66.2 Å². The molecule has 0 radical (unpaired) electrons. The Morgan fingerprint density at radius 1 is 0.879 bits per heavy atom.